The van der Waals surface area contributed by atoms with Gasteiger partial charge in [0.25, 0.3) is 0 Å². The second kappa shape index (κ2) is 6.31. The summed E-state index contributed by atoms with van der Waals surface area (Å²) >= 11 is 0. The molecule has 1 amide bonds. The van der Waals surface area contributed by atoms with E-state index in [1.165, 1.54) is 6.07 Å². The van der Waals surface area contributed by atoms with Gasteiger partial charge in [0.2, 0.25) is 5.91 Å². The van der Waals surface area contributed by atoms with Gasteiger partial charge in [0.15, 0.2) is 0 Å². The van der Waals surface area contributed by atoms with Crippen LogP contribution in [0.25, 0.3) is 11.0 Å². The van der Waals surface area contributed by atoms with Crippen molar-refractivity contribution in [3.05, 3.63) is 52.4 Å². The Morgan fingerprint density at radius 2 is 1.88 bits per heavy atom. The van der Waals surface area contributed by atoms with E-state index >= 15 is 0 Å². The van der Waals surface area contributed by atoms with Crippen molar-refractivity contribution in [2.75, 3.05) is 5.32 Å². The number of aryl methyl sites for hydroxylation is 1. The van der Waals surface area contributed by atoms with Gasteiger partial charge in [-0.1, -0.05) is 12.2 Å². The molecular formula is C18H17NO5. The van der Waals surface area contributed by atoms with E-state index in [9.17, 15) is 19.5 Å². The molecule has 0 fully saturated rings. The molecule has 1 aliphatic carbocycles. The van der Waals surface area contributed by atoms with Gasteiger partial charge in [-0.05, 0) is 37.5 Å². The molecule has 6 nitrogen and oxygen atoms in total. The number of carbonyl (C=O) groups is 2. The lowest BCUT2D eigenvalue weighted by atomic mass is 9.82. The van der Waals surface area contributed by atoms with Gasteiger partial charge in [-0.3, -0.25) is 9.59 Å². The number of allylic oxidation sites excluding steroid dienone is 2. The van der Waals surface area contributed by atoms with Gasteiger partial charge in [-0.15, -0.1) is 0 Å². The Hall–Kier alpha value is -2.89. The molecule has 6 heteroatoms. The number of amides is 1. The Balaban J connectivity index is 1.86. The van der Waals surface area contributed by atoms with Crippen LogP contribution in [0.1, 0.15) is 18.4 Å². The SMILES string of the molecule is Cc1cc(=O)oc2cc(NC(=O)[C@H]3CC=CC[C@@H]3C(=O)O)ccc12. The molecule has 0 aliphatic heterocycles. The summed E-state index contributed by atoms with van der Waals surface area (Å²) in [5, 5.41) is 12.8. The number of carbonyl (C=O) groups excluding carboxylic acids is 1. The Morgan fingerprint density at radius 1 is 1.17 bits per heavy atom. The quantitative estimate of drug-likeness (QED) is 0.667. The number of aliphatic carboxylic acids is 1. The van der Waals surface area contributed by atoms with Crippen LogP contribution in [0.2, 0.25) is 0 Å². The van der Waals surface area contributed by atoms with Gasteiger partial charge < -0.3 is 14.8 Å². The number of anilines is 1. The molecule has 0 saturated heterocycles. The van der Waals surface area contributed by atoms with Crippen LogP contribution in [0.3, 0.4) is 0 Å². The minimum Gasteiger partial charge on any atom is -0.481 e. The molecule has 0 saturated carbocycles. The summed E-state index contributed by atoms with van der Waals surface area (Å²) in [7, 11) is 0. The molecule has 1 aliphatic rings. The smallest absolute Gasteiger partial charge is 0.336 e. The summed E-state index contributed by atoms with van der Waals surface area (Å²) in [5.74, 6) is -2.66. The van der Waals surface area contributed by atoms with E-state index in [1.54, 1.807) is 24.3 Å². The number of nitrogens with one attached hydrogen (secondary N) is 1. The minimum absolute atomic E-state index is 0.346. The van der Waals surface area contributed by atoms with E-state index in [0.717, 1.165) is 10.9 Å². The third kappa shape index (κ3) is 3.08. The third-order valence-corrected chi connectivity index (χ3v) is 4.31. The molecule has 2 atom stereocenters. The number of benzene rings is 1. The summed E-state index contributed by atoms with van der Waals surface area (Å²) in [5.41, 5.74) is 1.20. The van der Waals surface area contributed by atoms with Crippen LogP contribution >= 0.6 is 0 Å². The first kappa shape index (κ1) is 16.0. The van der Waals surface area contributed by atoms with Crippen LogP contribution in [-0.2, 0) is 9.59 Å². The monoisotopic (exact) mass is 327 g/mol. The van der Waals surface area contributed by atoms with Gasteiger partial charge in [-0.25, -0.2) is 4.79 Å². The molecule has 1 aromatic carbocycles. The summed E-state index contributed by atoms with van der Waals surface area (Å²) in [6, 6.07) is 6.46. The van der Waals surface area contributed by atoms with Crippen LogP contribution in [-0.4, -0.2) is 17.0 Å². The highest BCUT2D eigenvalue weighted by atomic mass is 16.4. The zero-order chi connectivity index (χ0) is 17.3. The maximum Gasteiger partial charge on any atom is 0.336 e. The lowest BCUT2D eigenvalue weighted by molar-refractivity contribution is -0.146. The first-order valence-corrected chi connectivity index (χ1v) is 7.69. The third-order valence-electron chi connectivity index (χ3n) is 4.31. The number of rotatable bonds is 3. The van der Waals surface area contributed by atoms with E-state index in [-0.39, 0.29) is 5.91 Å². The fraction of sp³-hybridized carbons (Fsp3) is 0.278. The maximum absolute atomic E-state index is 12.5. The van der Waals surface area contributed by atoms with Gasteiger partial charge >= 0.3 is 11.6 Å². The first-order chi connectivity index (χ1) is 11.5. The molecular weight excluding hydrogens is 310 g/mol. The van der Waals surface area contributed by atoms with Crippen molar-refractivity contribution in [1.82, 2.24) is 0 Å². The van der Waals surface area contributed by atoms with Crippen molar-refractivity contribution < 1.29 is 19.1 Å². The first-order valence-electron chi connectivity index (χ1n) is 7.69. The topological polar surface area (TPSA) is 96.6 Å². The lowest BCUT2D eigenvalue weighted by Crippen LogP contribution is -2.34. The molecule has 124 valence electrons. The van der Waals surface area contributed by atoms with Crippen molar-refractivity contribution >= 4 is 28.5 Å². The van der Waals surface area contributed by atoms with Crippen LogP contribution in [0.4, 0.5) is 5.69 Å². The van der Waals surface area contributed by atoms with Crippen molar-refractivity contribution in [3.8, 4) is 0 Å². The molecule has 0 radical (unpaired) electrons. The molecule has 0 spiro atoms. The van der Waals surface area contributed by atoms with Crippen LogP contribution < -0.4 is 10.9 Å². The van der Waals surface area contributed by atoms with E-state index in [1.807, 2.05) is 13.0 Å². The van der Waals surface area contributed by atoms with Crippen molar-refractivity contribution in [2.24, 2.45) is 11.8 Å². The molecule has 0 unspecified atom stereocenters. The van der Waals surface area contributed by atoms with Crippen molar-refractivity contribution in [2.45, 2.75) is 19.8 Å². The van der Waals surface area contributed by atoms with Crippen LogP contribution in [0.15, 0.2) is 45.6 Å². The standard InChI is InChI=1S/C18H17NO5/c1-10-8-16(20)24-15-9-11(6-7-12(10)15)19-17(21)13-4-2-3-5-14(13)18(22)23/h2-3,6-9,13-14H,4-5H2,1H3,(H,19,21)(H,22,23)/t13-,14-/m0/s1. The minimum atomic E-state index is -0.973. The number of fused-ring (bicyclic) bond motifs is 1. The highest BCUT2D eigenvalue weighted by molar-refractivity contribution is 5.97. The second-order valence-corrected chi connectivity index (χ2v) is 5.94. The van der Waals surface area contributed by atoms with Gasteiger partial charge in [-0.2, -0.15) is 0 Å². The Labute approximate surface area is 137 Å². The fourth-order valence-electron chi connectivity index (χ4n) is 3.01. The number of carboxylic acids is 1. The second-order valence-electron chi connectivity index (χ2n) is 5.94. The lowest BCUT2D eigenvalue weighted by Gasteiger charge is -2.24. The number of hydrogen-bond acceptors (Lipinski definition) is 4. The Kier molecular flexibility index (Phi) is 4.20. The summed E-state index contributed by atoms with van der Waals surface area (Å²) in [4.78, 5) is 35.2. The molecule has 2 N–H and O–H groups in total. The average Bonchev–Trinajstić information content (AvgIpc) is 2.54. The van der Waals surface area contributed by atoms with Gasteiger partial charge in [0.1, 0.15) is 5.58 Å². The van der Waals surface area contributed by atoms with Crippen molar-refractivity contribution in [3.63, 3.8) is 0 Å². The zero-order valence-electron chi connectivity index (χ0n) is 13.1. The zero-order valence-corrected chi connectivity index (χ0v) is 13.1. The fourth-order valence-corrected chi connectivity index (χ4v) is 3.01. The Bertz CT molecular complexity index is 896. The highest BCUT2D eigenvalue weighted by Gasteiger charge is 2.33. The normalized spacial score (nSPS) is 20.0. The maximum atomic E-state index is 12.5. The highest BCUT2D eigenvalue weighted by Crippen LogP contribution is 2.28. The van der Waals surface area contributed by atoms with E-state index < -0.39 is 23.4 Å². The van der Waals surface area contributed by atoms with E-state index in [2.05, 4.69) is 5.32 Å². The molecule has 2 aromatic rings. The summed E-state index contributed by atoms with van der Waals surface area (Å²) in [6.45, 7) is 1.81. The van der Waals surface area contributed by atoms with Gasteiger partial charge in [0, 0.05) is 23.2 Å². The number of hydrogen-bond donors (Lipinski definition) is 2. The predicted octanol–water partition coefficient (Wildman–Crippen LogP) is 2.71. The Morgan fingerprint density at radius 3 is 2.58 bits per heavy atom. The molecule has 3 rings (SSSR count). The number of carboxylic acid groups (broad SMARTS) is 1. The van der Waals surface area contributed by atoms with E-state index in [4.69, 9.17) is 4.42 Å². The molecule has 24 heavy (non-hydrogen) atoms. The van der Waals surface area contributed by atoms with Crippen LogP contribution in [0.5, 0.6) is 0 Å². The summed E-state index contributed by atoms with van der Waals surface area (Å²) < 4.78 is 5.16. The molecule has 1 heterocycles. The predicted molar refractivity (Wildman–Crippen MR) is 88.8 cm³/mol. The van der Waals surface area contributed by atoms with Crippen LogP contribution in [0, 0.1) is 18.8 Å². The average molecular weight is 327 g/mol. The largest absolute Gasteiger partial charge is 0.481 e. The van der Waals surface area contributed by atoms with Gasteiger partial charge in [0.05, 0.1) is 11.8 Å². The summed E-state index contributed by atoms with van der Waals surface area (Å²) in [6.07, 6.45) is 4.35. The van der Waals surface area contributed by atoms with E-state index in [0.29, 0.717) is 24.1 Å². The van der Waals surface area contributed by atoms with Crippen molar-refractivity contribution in [1.29, 1.82) is 0 Å². The molecule has 0 bridgehead atoms. The molecule has 1 aromatic heterocycles.